The Morgan fingerprint density at radius 3 is 2.92 bits per heavy atom. The Kier molecular flexibility index (Phi) is 2.12. The number of aromatic nitrogens is 2. The van der Waals surface area contributed by atoms with Crippen LogP contribution in [-0.4, -0.2) is 10.1 Å². The maximum Gasteiger partial charge on any atom is 0.207 e. The van der Waals surface area contributed by atoms with Crippen molar-refractivity contribution in [2.75, 3.05) is 0 Å². The molecule has 0 spiro atoms. The summed E-state index contributed by atoms with van der Waals surface area (Å²) in [5.74, 6) is 1.56. The second-order valence-corrected chi connectivity index (χ2v) is 2.55. The van der Waals surface area contributed by atoms with Crippen LogP contribution in [0.3, 0.4) is 0 Å². The van der Waals surface area contributed by atoms with Gasteiger partial charge in [0.25, 0.3) is 0 Å². The molecule has 0 atom stereocenters. The summed E-state index contributed by atoms with van der Waals surface area (Å²) >= 11 is 0. The van der Waals surface area contributed by atoms with E-state index in [0.29, 0.717) is 5.89 Å². The topological polar surface area (TPSA) is 52.1 Å². The third-order valence-electron chi connectivity index (χ3n) is 1.79. The van der Waals surface area contributed by atoms with Crippen molar-refractivity contribution in [1.29, 1.82) is 0 Å². The van der Waals surface area contributed by atoms with Crippen LogP contribution in [0.5, 0.6) is 0 Å². The second kappa shape index (κ2) is 3.43. The molecule has 0 saturated carbocycles. The molecule has 0 amide bonds. The molecule has 13 heavy (non-hydrogen) atoms. The molecule has 0 unspecified atom stereocenters. The van der Waals surface area contributed by atoms with E-state index in [0.717, 1.165) is 18.0 Å². The fourth-order valence-electron chi connectivity index (χ4n) is 1.18. The quantitative estimate of drug-likeness (QED) is 0.719. The highest BCUT2D eigenvalue weighted by molar-refractivity contribution is 5.30. The first kappa shape index (κ1) is 8.04. The highest BCUT2D eigenvalue weighted by atomic mass is 16.5. The molecule has 0 bridgehead atoms. The monoisotopic (exact) mass is 177 g/mol. The van der Waals surface area contributed by atoms with Gasteiger partial charge < -0.3 is 8.94 Å². The molecule has 67 valence electrons. The summed E-state index contributed by atoms with van der Waals surface area (Å²) in [5, 5.41) is 3.83. The molecule has 2 heterocycles. The van der Waals surface area contributed by atoms with Crippen molar-refractivity contribution in [2.45, 2.75) is 13.3 Å². The predicted octanol–water partition coefficient (Wildman–Crippen LogP) is 2.04. The van der Waals surface area contributed by atoms with Gasteiger partial charge in [0.1, 0.15) is 24.1 Å². The zero-order valence-electron chi connectivity index (χ0n) is 7.23. The van der Waals surface area contributed by atoms with Gasteiger partial charge >= 0.3 is 0 Å². The summed E-state index contributed by atoms with van der Waals surface area (Å²) in [6, 6.07) is 1.79. The first-order valence-electron chi connectivity index (χ1n) is 4.08. The van der Waals surface area contributed by atoms with Crippen molar-refractivity contribution in [3.8, 4) is 0 Å². The lowest BCUT2D eigenvalue weighted by atomic mass is 10.0. The van der Waals surface area contributed by atoms with Crippen molar-refractivity contribution in [3.63, 3.8) is 0 Å². The maximum atomic E-state index is 5.18. The Morgan fingerprint density at radius 1 is 1.46 bits per heavy atom. The van der Waals surface area contributed by atoms with Crippen LogP contribution in [0.15, 0.2) is 33.7 Å². The molecule has 4 nitrogen and oxygen atoms in total. The lowest BCUT2D eigenvalue weighted by molar-refractivity contribution is 0.410. The Balaban J connectivity index is 2.29. The van der Waals surface area contributed by atoms with E-state index in [9.17, 15) is 0 Å². The molecule has 1 radical (unpaired) electrons. The van der Waals surface area contributed by atoms with Gasteiger partial charge in [0, 0.05) is 6.07 Å². The van der Waals surface area contributed by atoms with Crippen molar-refractivity contribution in [1.82, 2.24) is 10.1 Å². The first-order chi connectivity index (χ1) is 6.42. The normalized spacial score (nSPS) is 10.9. The summed E-state index contributed by atoms with van der Waals surface area (Å²) in [6.45, 7) is 2.02. The minimum atomic E-state index is 0.608. The van der Waals surface area contributed by atoms with Crippen molar-refractivity contribution >= 4 is 0 Å². The Morgan fingerprint density at radius 2 is 2.38 bits per heavy atom. The van der Waals surface area contributed by atoms with Gasteiger partial charge in [-0.25, -0.2) is 4.98 Å². The highest BCUT2D eigenvalue weighted by Crippen LogP contribution is 2.23. The zero-order valence-corrected chi connectivity index (χ0v) is 7.23. The highest BCUT2D eigenvalue weighted by Gasteiger charge is 2.19. The summed E-state index contributed by atoms with van der Waals surface area (Å²) in [4.78, 5) is 4.06. The molecule has 0 aliphatic rings. The van der Waals surface area contributed by atoms with Crippen LogP contribution in [0, 0.1) is 5.92 Å². The first-order valence-corrected chi connectivity index (χ1v) is 4.08. The SMILES string of the molecule is CC[C](c1ccon1)c1ncco1. The fourth-order valence-corrected chi connectivity index (χ4v) is 1.18. The zero-order chi connectivity index (χ0) is 9.10. The molecule has 2 aromatic heterocycles. The van der Waals surface area contributed by atoms with E-state index in [-0.39, 0.29) is 0 Å². The maximum absolute atomic E-state index is 5.18. The van der Waals surface area contributed by atoms with Crippen molar-refractivity contribution < 1.29 is 8.94 Å². The molecule has 0 aliphatic heterocycles. The van der Waals surface area contributed by atoms with Crippen LogP contribution in [0.25, 0.3) is 0 Å². The molecule has 2 aromatic rings. The molecular weight excluding hydrogens is 168 g/mol. The Bertz CT molecular complexity index is 305. The Labute approximate surface area is 75.6 Å². The van der Waals surface area contributed by atoms with Crippen LogP contribution in [0.4, 0.5) is 0 Å². The van der Waals surface area contributed by atoms with Gasteiger partial charge in [-0.3, -0.25) is 0 Å². The molecule has 2 rings (SSSR count). The van der Waals surface area contributed by atoms with Gasteiger partial charge in [-0.05, 0) is 6.42 Å². The smallest absolute Gasteiger partial charge is 0.207 e. The van der Waals surface area contributed by atoms with Crippen LogP contribution < -0.4 is 0 Å². The van der Waals surface area contributed by atoms with Crippen LogP contribution in [-0.2, 0) is 0 Å². The number of rotatable bonds is 3. The molecule has 0 aromatic carbocycles. The standard InChI is InChI=1S/C9H9N2O2/c1-2-7(8-3-5-13-11-8)9-10-4-6-12-9/h3-6H,2H2,1H3. The third-order valence-corrected chi connectivity index (χ3v) is 1.79. The van der Waals surface area contributed by atoms with Gasteiger partial charge in [0.2, 0.25) is 5.89 Å². The summed E-state index contributed by atoms with van der Waals surface area (Å²) in [5.41, 5.74) is 0.782. The average Bonchev–Trinajstić information content (AvgIpc) is 2.76. The molecular formula is C9H9N2O2. The van der Waals surface area contributed by atoms with E-state index in [4.69, 9.17) is 8.94 Å². The minimum absolute atomic E-state index is 0.608. The average molecular weight is 177 g/mol. The van der Waals surface area contributed by atoms with E-state index < -0.39 is 0 Å². The largest absolute Gasteiger partial charge is 0.448 e. The summed E-state index contributed by atoms with van der Waals surface area (Å²) in [7, 11) is 0. The van der Waals surface area contributed by atoms with E-state index in [1.807, 2.05) is 6.92 Å². The summed E-state index contributed by atoms with van der Waals surface area (Å²) < 4.78 is 9.94. The summed E-state index contributed by atoms with van der Waals surface area (Å²) in [6.07, 6.45) is 5.51. The van der Waals surface area contributed by atoms with Gasteiger partial charge in [-0.15, -0.1) is 0 Å². The Hall–Kier alpha value is -1.58. The van der Waals surface area contributed by atoms with Gasteiger partial charge in [0.05, 0.1) is 6.20 Å². The molecule has 4 heteroatoms. The molecule has 0 N–H and O–H groups in total. The van der Waals surface area contributed by atoms with Gasteiger partial charge in [0.15, 0.2) is 0 Å². The second-order valence-electron chi connectivity index (χ2n) is 2.55. The number of hydrogen-bond donors (Lipinski definition) is 0. The number of hydrogen-bond acceptors (Lipinski definition) is 4. The molecule has 0 saturated heterocycles. The lowest BCUT2D eigenvalue weighted by Gasteiger charge is -2.04. The van der Waals surface area contributed by atoms with E-state index >= 15 is 0 Å². The van der Waals surface area contributed by atoms with E-state index in [1.54, 1.807) is 18.5 Å². The lowest BCUT2D eigenvalue weighted by Crippen LogP contribution is -2.01. The predicted molar refractivity (Wildman–Crippen MR) is 44.7 cm³/mol. The molecule has 0 fully saturated rings. The van der Waals surface area contributed by atoms with Crippen molar-refractivity contribution in [2.24, 2.45) is 0 Å². The van der Waals surface area contributed by atoms with E-state index in [2.05, 4.69) is 10.1 Å². The fraction of sp³-hybridized carbons (Fsp3) is 0.222. The number of oxazole rings is 1. The number of nitrogens with zero attached hydrogens (tertiary/aromatic N) is 2. The van der Waals surface area contributed by atoms with Crippen LogP contribution in [0.2, 0.25) is 0 Å². The van der Waals surface area contributed by atoms with Crippen LogP contribution >= 0.6 is 0 Å². The van der Waals surface area contributed by atoms with Crippen LogP contribution in [0.1, 0.15) is 24.9 Å². The third kappa shape index (κ3) is 1.47. The van der Waals surface area contributed by atoms with Gasteiger partial charge in [-0.1, -0.05) is 12.1 Å². The van der Waals surface area contributed by atoms with Crippen molar-refractivity contribution in [3.05, 3.63) is 42.3 Å². The van der Waals surface area contributed by atoms with E-state index in [1.165, 1.54) is 6.26 Å². The minimum Gasteiger partial charge on any atom is -0.448 e. The molecule has 0 aliphatic carbocycles. The van der Waals surface area contributed by atoms with Gasteiger partial charge in [-0.2, -0.15) is 0 Å².